The Kier molecular flexibility index (Phi) is 6.27. The van der Waals surface area contributed by atoms with Crippen molar-refractivity contribution in [3.63, 3.8) is 0 Å². The van der Waals surface area contributed by atoms with Crippen molar-refractivity contribution in [2.45, 2.75) is 38.0 Å². The summed E-state index contributed by atoms with van der Waals surface area (Å²) in [5.74, 6) is 1.15. The number of nitrogens with one attached hydrogen (secondary N) is 2. The molecule has 5 heteroatoms. The Balaban J connectivity index is 1.32. The molecule has 1 aliphatic rings. The van der Waals surface area contributed by atoms with Crippen LogP contribution in [-0.2, 0) is 0 Å². The summed E-state index contributed by atoms with van der Waals surface area (Å²) >= 11 is 6.46. The second kappa shape index (κ2) is 9.63. The molecule has 4 nitrogen and oxygen atoms in total. The highest BCUT2D eigenvalue weighted by atomic mass is 35.5. The first-order chi connectivity index (χ1) is 16.2. The minimum absolute atomic E-state index is 0.136. The third-order valence-electron chi connectivity index (χ3n) is 6.38. The van der Waals surface area contributed by atoms with Gasteiger partial charge in [0.25, 0.3) is 5.91 Å². The lowest BCUT2D eigenvalue weighted by atomic mass is 9.84. The number of carbonyl (C=O) groups is 1. The molecule has 0 radical (unpaired) electrons. The number of H-pyrrole nitrogens is 1. The predicted octanol–water partition coefficient (Wildman–Crippen LogP) is 7.70. The molecule has 0 unspecified atom stereocenters. The third-order valence-corrected chi connectivity index (χ3v) is 6.71. The number of nitrogens with zero attached hydrogens (tertiary/aromatic N) is 1. The van der Waals surface area contributed by atoms with Crippen molar-refractivity contribution < 1.29 is 4.79 Å². The SMILES string of the molecule is O=C(Nc1ccc(Cl)c(-c2nc(-c3ccccc3)c[nH]2)c1)c1ccc(C2CCCCC2)cc1. The average molecular weight is 456 g/mol. The fourth-order valence-electron chi connectivity index (χ4n) is 4.55. The molecule has 33 heavy (non-hydrogen) atoms. The van der Waals surface area contributed by atoms with Crippen molar-refractivity contribution in [2.75, 3.05) is 5.32 Å². The maximum absolute atomic E-state index is 12.9. The van der Waals surface area contributed by atoms with Gasteiger partial charge in [0.05, 0.1) is 10.7 Å². The van der Waals surface area contributed by atoms with E-state index in [1.165, 1.54) is 37.7 Å². The van der Waals surface area contributed by atoms with Crippen molar-refractivity contribution in [3.8, 4) is 22.6 Å². The first kappa shape index (κ1) is 21.5. The van der Waals surface area contributed by atoms with E-state index in [1.54, 1.807) is 12.1 Å². The number of halogens is 1. The first-order valence-corrected chi connectivity index (χ1v) is 11.9. The minimum Gasteiger partial charge on any atom is -0.344 e. The summed E-state index contributed by atoms with van der Waals surface area (Å²) in [4.78, 5) is 20.8. The molecule has 0 aliphatic heterocycles. The van der Waals surface area contributed by atoms with Crippen LogP contribution < -0.4 is 5.32 Å². The van der Waals surface area contributed by atoms with Crippen molar-refractivity contribution in [2.24, 2.45) is 0 Å². The Morgan fingerprint density at radius 1 is 0.939 bits per heavy atom. The second-order valence-electron chi connectivity index (χ2n) is 8.61. The summed E-state index contributed by atoms with van der Waals surface area (Å²) in [6, 6.07) is 23.5. The molecule has 1 aliphatic carbocycles. The van der Waals surface area contributed by atoms with E-state index in [0.717, 1.165) is 16.8 Å². The molecular formula is C28H26ClN3O. The molecule has 2 N–H and O–H groups in total. The van der Waals surface area contributed by atoms with Crippen LogP contribution in [0.5, 0.6) is 0 Å². The van der Waals surface area contributed by atoms with E-state index in [1.807, 2.05) is 54.7 Å². The third kappa shape index (κ3) is 4.86. The standard InChI is InChI=1S/C28H26ClN3O/c29-25-16-15-23(17-24(25)27-30-18-26(32-27)21-9-5-2-6-10-21)31-28(33)22-13-11-20(12-14-22)19-7-3-1-4-8-19/h2,5-6,9-19H,1,3-4,7-8H2,(H,30,32)(H,31,33). The first-order valence-electron chi connectivity index (χ1n) is 11.5. The van der Waals surface area contributed by atoms with Gasteiger partial charge in [-0.2, -0.15) is 0 Å². The Labute approximate surface area is 199 Å². The molecule has 1 amide bonds. The zero-order valence-corrected chi connectivity index (χ0v) is 19.1. The van der Waals surface area contributed by atoms with Gasteiger partial charge in [-0.05, 0) is 54.7 Å². The van der Waals surface area contributed by atoms with Crippen LogP contribution in [0.4, 0.5) is 5.69 Å². The van der Waals surface area contributed by atoms with Gasteiger partial charge in [-0.25, -0.2) is 4.98 Å². The average Bonchev–Trinajstić information content (AvgIpc) is 3.36. The summed E-state index contributed by atoms with van der Waals surface area (Å²) in [5.41, 5.74) is 5.27. The lowest BCUT2D eigenvalue weighted by Gasteiger charge is -2.22. The van der Waals surface area contributed by atoms with E-state index in [4.69, 9.17) is 16.6 Å². The molecule has 0 spiro atoms. The molecule has 1 heterocycles. The van der Waals surface area contributed by atoms with E-state index in [-0.39, 0.29) is 5.91 Å². The Hall–Kier alpha value is -3.37. The van der Waals surface area contributed by atoms with Gasteiger partial charge in [-0.1, -0.05) is 73.3 Å². The number of hydrogen-bond donors (Lipinski definition) is 2. The molecule has 3 aromatic carbocycles. The summed E-state index contributed by atoms with van der Waals surface area (Å²) in [6.07, 6.45) is 8.30. The Bertz CT molecular complexity index is 1240. The second-order valence-corrected chi connectivity index (χ2v) is 9.01. The van der Waals surface area contributed by atoms with Gasteiger partial charge in [-0.15, -0.1) is 0 Å². The highest BCUT2D eigenvalue weighted by Crippen LogP contribution is 2.33. The zero-order valence-electron chi connectivity index (χ0n) is 18.4. The van der Waals surface area contributed by atoms with Crippen molar-refractivity contribution in [1.29, 1.82) is 0 Å². The number of carbonyl (C=O) groups excluding carboxylic acids is 1. The molecule has 0 atom stereocenters. The molecule has 0 bridgehead atoms. The van der Waals surface area contributed by atoms with E-state index in [0.29, 0.717) is 28.0 Å². The van der Waals surface area contributed by atoms with Crippen LogP contribution in [0.1, 0.15) is 53.9 Å². The topological polar surface area (TPSA) is 57.8 Å². The van der Waals surface area contributed by atoms with Gasteiger partial charge in [0.1, 0.15) is 5.82 Å². The molecule has 1 aromatic heterocycles. The van der Waals surface area contributed by atoms with Crippen LogP contribution in [0.2, 0.25) is 5.02 Å². The number of benzene rings is 3. The summed E-state index contributed by atoms with van der Waals surface area (Å²) in [5, 5.41) is 3.56. The zero-order chi connectivity index (χ0) is 22.6. The summed E-state index contributed by atoms with van der Waals surface area (Å²) in [6.45, 7) is 0. The minimum atomic E-state index is -0.136. The van der Waals surface area contributed by atoms with Crippen LogP contribution in [0.3, 0.4) is 0 Å². The molecule has 166 valence electrons. The van der Waals surface area contributed by atoms with Crippen molar-refractivity contribution in [1.82, 2.24) is 9.97 Å². The molecule has 1 fully saturated rings. The van der Waals surface area contributed by atoms with E-state index in [2.05, 4.69) is 22.4 Å². The van der Waals surface area contributed by atoms with E-state index >= 15 is 0 Å². The smallest absolute Gasteiger partial charge is 0.255 e. The highest BCUT2D eigenvalue weighted by Gasteiger charge is 2.16. The van der Waals surface area contributed by atoms with Gasteiger partial charge < -0.3 is 10.3 Å². The van der Waals surface area contributed by atoms with Gasteiger partial charge in [0, 0.05) is 28.6 Å². The van der Waals surface area contributed by atoms with E-state index < -0.39 is 0 Å². The summed E-state index contributed by atoms with van der Waals surface area (Å²) < 4.78 is 0. The van der Waals surface area contributed by atoms with Gasteiger partial charge in [-0.3, -0.25) is 4.79 Å². The highest BCUT2D eigenvalue weighted by molar-refractivity contribution is 6.33. The van der Waals surface area contributed by atoms with Crippen LogP contribution in [0.15, 0.2) is 79.0 Å². The molecule has 4 aromatic rings. The number of anilines is 1. The van der Waals surface area contributed by atoms with Gasteiger partial charge >= 0.3 is 0 Å². The normalized spacial score (nSPS) is 14.2. The maximum Gasteiger partial charge on any atom is 0.255 e. The number of aromatic amines is 1. The number of hydrogen-bond acceptors (Lipinski definition) is 2. The Morgan fingerprint density at radius 3 is 2.45 bits per heavy atom. The maximum atomic E-state index is 12.9. The largest absolute Gasteiger partial charge is 0.344 e. The summed E-state index contributed by atoms with van der Waals surface area (Å²) in [7, 11) is 0. The lowest BCUT2D eigenvalue weighted by Crippen LogP contribution is -2.12. The number of aromatic nitrogens is 2. The van der Waals surface area contributed by atoms with Gasteiger partial charge in [0.15, 0.2) is 0 Å². The van der Waals surface area contributed by atoms with Crippen LogP contribution in [0.25, 0.3) is 22.6 Å². The predicted molar refractivity (Wildman–Crippen MR) is 135 cm³/mol. The van der Waals surface area contributed by atoms with Crippen molar-refractivity contribution in [3.05, 3.63) is 95.1 Å². The monoisotopic (exact) mass is 455 g/mol. The lowest BCUT2D eigenvalue weighted by molar-refractivity contribution is 0.102. The van der Waals surface area contributed by atoms with Crippen LogP contribution in [0, 0.1) is 0 Å². The quantitative estimate of drug-likeness (QED) is 0.324. The van der Waals surface area contributed by atoms with Crippen LogP contribution >= 0.6 is 11.6 Å². The van der Waals surface area contributed by atoms with E-state index in [9.17, 15) is 4.79 Å². The molecule has 5 rings (SSSR count). The van der Waals surface area contributed by atoms with Gasteiger partial charge in [0.2, 0.25) is 0 Å². The fraction of sp³-hybridized carbons (Fsp3) is 0.214. The molecule has 1 saturated carbocycles. The number of amides is 1. The fourth-order valence-corrected chi connectivity index (χ4v) is 4.75. The Morgan fingerprint density at radius 2 is 1.70 bits per heavy atom. The van der Waals surface area contributed by atoms with Crippen LogP contribution in [-0.4, -0.2) is 15.9 Å². The molecular weight excluding hydrogens is 430 g/mol. The number of rotatable bonds is 5. The number of imidazole rings is 1. The van der Waals surface area contributed by atoms with Crippen molar-refractivity contribution >= 4 is 23.2 Å². The molecule has 0 saturated heterocycles.